The molecule has 0 aliphatic heterocycles. The summed E-state index contributed by atoms with van der Waals surface area (Å²) in [6.07, 6.45) is 0. The first-order valence-corrected chi connectivity index (χ1v) is 4.68. The molecule has 0 bridgehead atoms. The molecule has 4 heteroatoms. The first-order valence-electron chi connectivity index (χ1n) is 4.68. The largest absolute Gasteiger partial charge is 0.479 e. The molecule has 1 aromatic rings. The van der Waals surface area contributed by atoms with Crippen molar-refractivity contribution in [2.45, 2.75) is 13.8 Å². The quantitative estimate of drug-likeness (QED) is 0.768. The number of aromatic nitrogens is 1. The van der Waals surface area contributed by atoms with Gasteiger partial charge in [0.15, 0.2) is 0 Å². The Labute approximate surface area is 84.5 Å². The number of rotatable bonds is 4. The smallest absolute Gasteiger partial charge is 0.238 e. The molecule has 0 aliphatic rings. The number of ether oxygens (including phenoxy) is 1. The zero-order valence-electron chi connectivity index (χ0n) is 8.87. The number of nitrogen functional groups attached to an aromatic ring is 1. The van der Waals surface area contributed by atoms with Gasteiger partial charge in [0.2, 0.25) is 5.88 Å². The van der Waals surface area contributed by atoms with Gasteiger partial charge >= 0.3 is 0 Å². The third-order valence-corrected chi connectivity index (χ3v) is 1.77. The summed E-state index contributed by atoms with van der Waals surface area (Å²) in [7, 11) is 1.56. The SMILES string of the molecule is COc1nc(NCC(C)C)ccc1N. The van der Waals surface area contributed by atoms with Crippen molar-refractivity contribution in [2.75, 3.05) is 24.7 Å². The summed E-state index contributed by atoms with van der Waals surface area (Å²) in [4.78, 5) is 4.20. The van der Waals surface area contributed by atoms with Crippen molar-refractivity contribution in [1.82, 2.24) is 4.98 Å². The van der Waals surface area contributed by atoms with Crippen LogP contribution in [0.1, 0.15) is 13.8 Å². The van der Waals surface area contributed by atoms with Gasteiger partial charge in [0.05, 0.1) is 12.8 Å². The Kier molecular flexibility index (Phi) is 3.56. The number of methoxy groups -OCH3 is 1. The van der Waals surface area contributed by atoms with Gasteiger partial charge in [-0.3, -0.25) is 0 Å². The summed E-state index contributed by atoms with van der Waals surface area (Å²) in [5, 5.41) is 3.20. The predicted octanol–water partition coefficient (Wildman–Crippen LogP) is 1.74. The summed E-state index contributed by atoms with van der Waals surface area (Å²) in [6, 6.07) is 3.63. The minimum absolute atomic E-state index is 0.471. The molecule has 0 saturated heterocycles. The number of hydrogen-bond acceptors (Lipinski definition) is 4. The lowest BCUT2D eigenvalue weighted by Crippen LogP contribution is -2.09. The van der Waals surface area contributed by atoms with E-state index < -0.39 is 0 Å². The minimum atomic E-state index is 0.471. The summed E-state index contributed by atoms with van der Waals surface area (Å²) >= 11 is 0. The zero-order chi connectivity index (χ0) is 10.6. The Hall–Kier alpha value is -1.45. The van der Waals surface area contributed by atoms with E-state index in [1.165, 1.54) is 0 Å². The lowest BCUT2D eigenvalue weighted by molar-refractivity contribution is 0.401. The van der Waals surface area contributed by atoms with Crippen molar-refractivity contribution < 1.29 is 4.74 Å². The molecule has 0 spiro atoms. The fourth-order valence-electron chi connectivity index (χ4n) is 1.02. The maximum absolute atomic E-state index is 5.64. The molecule has 0 fully saturated rings. The highest BCUT2D eigenvalue weighted by atomic mass is 16.5. The summed E-state index contributed by atoms with van der Waals surface area (Å²) < 4.78 is 5.02. The van der Waals surface area contributed by atoms with Crippen LogP contribution in [0.2, 0.25) is 0 Å². The molecule has 1 aromatic heterocycles. The van der Waals surface area contributed by atoms with Crippen LogP contribution in [0.5, 0.6) is 5.88 Å². The molecule has 1 rings (SSSR count). The summed E-state index contributed by atoms with van der Waals surface area (Å²) in [5.74, 6) is 1.85. The van der Waals surface area contributed by atoms with Gasteiger partial charge in [0, 0.05) is 6.54 Å². The third-order valence-electron chi connectivity index (χ3n) is 1.77. The Morgan fingerprint density at radius 3 is 2.79 bits per heavy atom. The van der Waals surface area contributed by atoms with Gasteiger partial charge in [-0.15, -0.1) is 0 Å². The van der Waals surface area contributed by atoms with Gasteiger partial charge in [0.25, 0.3) is 0 Å². The van der Waals surface area contributed by atoms with Crippen molar-refractivity contribution in [3.8, 4) is 5.88 Å². The molecule has 0 aromatic carbocycles. The van der Waals surface area contributed by atoms with E-state index in [0.29, 0.717) is 17.5 Å². The second kappa shape index (κ2) is 4.69. The fraction of sp³-hybridized carbons (Fsp3) is 0.500. The first kappa shape index (κ1) is 10.6. The van der Waals surface area contributed by atoms with Crippen LogP contribution in [-0.2, 0) is 0 Å². The van der Waals surface area contributed by atoms with Gasteiger partial charge in [-0.05, 0) is 18.1 Å². The van der Waals surface area contributed by atoms with Crippen molar-refractivity contribution in [2.24, 2.45) is 5.92 Å². The van der Waals surface area contributed by atoms with Crippen LogP contribution in [0.25, 0.3) is 0 Å². The predicted molar refractivity (Wildman–Crippen MR) is 58.5 cm³/mol. The molecule has 0 radical (unpaired) electrons. The van der Waals surface area contributed by atoms with E-state index in [4.69, 9.17) is 10.5 Å². The Bertz CT molecular complexity index is 299. The molecule has 0 aliphatic carbocycles. The van der Waals surface area contributed by atoms with E-state index in [1.54, 1.807) is 13.2 Å². The van der Waals surface area contributed by atoms with Crippen LogP contribution in [0, 0.1) is 5.92 Å². The number of pyridine rings is 1. The van der Waals surface area contributed by atoms with Crippen molar-refractivity contribution >= 4 is 11.5 Å². The van der Waals surface area contributed by atoms with E-state index >= 15 is 0 Å². The number of hydrogen-bond donors (Lipinski definition) is 2. The molecule has 1 heterocycles. The zero-order valence-corrected chi connectivity index (χ0v) is 8.87. The van der Waals surface area contributed by atoms with Crippen molar-refractivity contribution in [3.63, 3.8) is 0 Å². The number of anilines is 2. The molecule has 78 valence electrons. The highest BCUT2D eigenvalue weighted by molar-refractivity contribution is 5.53. The van der Waals surface area contributed by atoms with Crippen LogP contribution in [0.3, 0.4) is 0 Å². The van der Waals surface area contributed by atoms with Crippen LogP contribution < -0.4 is 15.8 Å². The second-order valence-electron chi connectivity index (χ2n) is 3.57. The van der Waals surface area contributed by atoms with E-state index in [0.717, 1.165) is 12.4 Å². The van der Waals surface area contributed by atoms with Crippen LogP contribution >= 0.6 is 0 Å². The first-order chi connectivity index (χ1) is 6.63. The van der Waals surface area contributed by atoms with E-state index in [-0.39, 0.29) is 0 Å². The van der Waals surface area contributed by atoms with E-state index in [1.807, 2.05) is 6.07 Å². The van der Waals surface area contributed by atoms with Gasteiger partial charge in [0.1, 0.15) is 5.82 Å². The van der Waals surface area contributed by atoms with Gasteiger partial charge in [-0.2, -0.15) is 4.98 Å². The average molecular weight is 195 g/mol. The number of nitrogens with one attached hydrogen (secondary N) is 1. The molecule has 0 saturated carbocycles. The lowest BCUT2D eigenvalue weighted by Gasteiger charge is -2.10. The van der Waals surface area contributed by atoms with Crippen molar-refractivity contribution in [3.05, 3.63) is 12.1 Å². The Morgan fingerprint density at radius 1 is 1.50 bits per heavy atom. The Morgan fingerprint density at radius 2 is 2.21 bits per heavy atom. The fourth-order valence-corrected chi connectivity index (χ4v) is 1.02. The van der Waals surface area contributed by atoms with Crippen LogP contribution in [0.4, 0.5) is 11.5 Å². The highest BCUT2D eigenvalue weighted by Gasteiger charge is 2.02. The van der Waals surface area contributed by atoms with Crippen molar-refractivity contribution in [1.29, 1.82) is 0 Å². The highest BCUT2D eigenvalue weighted by Crippen LogP contribution is 2.20. The normalized spacial score (nSPS) is 10.3. The van der Waals surface area contributed by atoms with Gasteiger partial charge in [-0.25, -0.2) is 0 Å². The van der Waals surface area contributed by atoms with E-state index in [2.05, 4.69) is 24.1 Å². The topological polar surface area (TPSA) is 60.2 Å². The maximum Gasteiger partial charge on any atom is 0.238 e. The standard InChI is InChI=1S/C10H17N3O/c1-7(2)6-12-9-5-4-8(11)10(13-9)14-3/h4-5,7H,6,11H2,1-3H3,(H,12,13). The molecule has 4 nitrogen and oxygen atoms in total. The minimum Gasteiger partial charge on any atom is -0.479 e. The lowest BCUT2D eigenvalue weighted by atomic mass is 10.2. The van der Waals surface area contributed by atoms with E-state index in [9.17, 15) is 0 Å². The monoisotopic (exact) mass is 195 g/mol. The molecular formula is C10H17N3O. The molecular weight excluding hydrogens is 178 g/mol. The van der Waals surface area contributed by atoms with Gasteiger partial charge in [-0.1, -0.05) is 13.8 Å². The average Bonchev–Trinajstić information content (AvgIpc) is 2.16. The molecule has 3 N–H and O–H groups in total. The second-order valence-corrected chi connectivity index (χ2v) is 3.57. The number of nitrogens with two attached hydrogens (primary N) is 1. The molecule has 0 atom stereocenters. The van der Waals surface area contributed by atoms with Gasteiger partial charge < -0.3 is 15.8 Å². The Balaban J connectivity index is 2.69. The maximum atomic E-state index is 5.64. The van der Waals surface area contributed by atoms with Crippen LogP contribution in [0.15, 0.2) is 12.1 Å². The molecule has 0 amide bonds. The third kappa shape index (κ3) is 2.80. The van der Waals surface area contributed by atoms with Crippen LogP contribution in [-0.4, -0.2) is 18.6 Å². The number of nitrogens with zero attached hydrogens (tertiary/aromatic N) is 1. The summed E-state index contributed by atoms with van der Waals surface area (Å²) in [5.41, 5.74) is 6.20. The molecule has 0 unspecified atom stereocenters. The molecule has 14 heavy (non-hydrogen) atoms. The summed E-state index contributed by atoms with van der Waals surface area (Å²) in [6.45, 7) is 5.17.